The highest BCUT2D eigenvalue weighted by molar-refractivity contribution is 5.91. The van der Waals surface area contributed by atoms with Crippen molar-refractivity contribution in [2.45, 2.75) is 19.1 Å². The Labute approximate surface area is 103 Å². The number of fused-ring (bicyclic) bond motifs is 1. The molecule has 2 aromatic heterocycles. The first-order chi connectivity index (χ1) is 8.67. The van der Waals surface area contributed by atoms with Crippen LogP contribution in [0.3, 0.4) is 0 Å². The average molecular weight is 247 g/mol. The minimum absolute atomic E-state index is 0.0946. The summed E-state index contributed by atoms with van der Waals surface area (Å²) in [6.45, 7) is 0.151. The molecule has 0 amide bonds. The molecule has 1 atom stereocenters. The van der Waals surface area contributed by atoms with E-state index in [4.69, 9.17) is 16.1 Å². The van der Waals surface area contributed by atoms with E-state index in [1.54, 1.807) is 10.8 Å². The summed E-state index contributed by atoms with van der Waals surface area (Å²) >= 11 is 0. The van der Waals surface area contributed by atoms with Gasteiger partial charge >= 0.3 is 0 Å². The summed E-state index contributed by atoms with van der Waals surface area (Å²) in [6, 6.07) is 2.02. The van der Waals surface area contributed by atoms with Crippen LogP contribution in [-0.2, 0) is 6.54 Å². The molecule has 0 aliphatic heterocycles. The summed E-state index contributed by atoms with van der Waals surface area (Å²) in [5.41, 5.74) is 6.60. The molecule has 0 spiro atoms. The van der Waals surface area contributed by atoms with Crippen LogP contribution in [0.2, 0.25) is 0 Å². The molecule has 2 rings (SSSR count). The van der Waals surface area contributed by atoms with Crippen molar-refractivity contribution >= 4 is 16.9 Å². The Kier molecular flexibility index (Phi) is 3.41. The number of nitrogens with two attached hydrogens (primary N) is 1. The molecule has 7 nitrogen and oxygen atoms in total. The van der Waals surface area contributed by atoms with Gasteiger partial charge in [0.2, 0.25) is 0 Å². The van der Waals surface area contributed by atoms with E-state index in [-0.39, 0.29) is 25.4 Å². The minimum Gasteiger partial charge on any atom is -0.396 e. The lowest BCUT2D eigenvalue weighted by molar-refractivity contribution is 0.118. The molecule has 7 heteroatoms. The van der Waals surface area contributed by atoms with Crippen LogP contribution in [0.4, 0.5) is 5.82 Å². The molecule has 0 aliphatic rings. The Morgan fingerprint density at radius 2 is 2.28 bits per heavy atom. The van der Waals surface area contributed by atoms with E-state index >= 15 is 0 Å². The third-order valence-corrected chi connectivity index (χ3v) is 2.67. The highest BCUT2D eigenvalue weighted by Gasteiger charge is 2.15. The van der Waals surface area contributed by atoms with Crippen LogP contribution in [0.5, 0.6) is 0 Å². The van der Waals surface area contributed by atoms with Gasteiger partial charge in [-0.15, -0.1) is 0 Å². The molecular weight excluding hydrogens is 234 g/mol. The van der Waals surface area contributed by atoms with Crippen LogP contribution in [-0.4, -0.2) is 37.5 Å². The summed E-state index contributed by atoms with van der Waals surface area (Å²) in [4.78, 5) is 7.92. The van der Waals surface area contributed by atoms with Crippen molar-refractivity contribution in [3.63, 3.8) is 0 Å². The number of aromatic nitrogens is 3. The van der Waals surface area contributed by atoms with Gasteiger partial charge in [0.25, 0.3) is 0 Å². The van der Waals surface area contributed by atoms with Crippen molar-refractivity contribution in [1.82, 2.24) is 14.5 Å². The van der Waals surface area contributed by atoms with Crippen molar-refractivity contribution in [3.05, 3.63) is 18.1 Å². The quantitative estimate of drug-likeness (QED) is 0.677. The summed E-state index contributed by atoms with van der Waals surface area (Å²) < 4.78 is 1.65. The maximum atomic E-state index is 9.67. The maximum Gasteiger partial charge on any atom is 0.146 e. The van der Waals surface area contributed by atoms with Gasteiger partial charge in [0, 0.05) is 12.8 Å². The molecule has 4 N–H and O–H groups in total. The smallest absolute Gasteiger partial charge is 0.146 e. The van der Waals surface area contributed by atoms with Gasteiger partial charge in [-0.25, -0.2) is 9.97 Å². The second-order valence-corrected chi connectivity index (χ2v) is 3.93. The van der Waals surface area contributed by atoms with Gasteiger partial charge in [-0.1, -0.05) is 0 Å². The van der Waals surface area contributed by atoms with Gasteiger partial charge in [0.05, 0.1) is 23.6 Å². The van der Waals surface area contributed by atoms with Crippen LogP contribution < -0.4 is 5.73 Å². The first-order valence-corrected chi connectivity index (χ1v) is 5.45. The van der Waals surface area contributed by atoms with Gasteiger partial charge < -0.3 is 20.5 Å². The van der Waals surface area contributed by atoms with Crippen LogP contribution in [0.25, 0.3) is 11.0 Å². The lowest BCUT2D eigenvalue weighted by Crippen LogP contribution is -2.17. The van der Waals surface area contributed by atoms with Crippen LogP contribution in [0.1, 0.15) is 12.0 Å². The Morgan fingerprint density at radius 1 is 1.50 bits per heavy atom. The van der Waals surface area contributed by atoms with Crippen molar-refractivity contribution < 1.29 is 10.2 Å². The third kappa shape index (κ3) is 2.11. The Balaban J connectivity index is 2.46. The summed E-state index contributed by atoms with van der Waals surface area (Å²) in [5, 5.41) is 28.0. The van der Waals surface area contributed by atoms with Gasteiger partial charge in [-0.3, -0.25) is 0 Å². The van der Waals surface area contributed by atoms with E-state index in [2.05, 4.69) is 9.97 Å². The van der Waals surface area contributed by atoms with E-state index in [1.165, 1.54) is 6.33 Å². The number of aliphatic hydroxyl groups is 2. The molecule has 2 aromatic rings. The topological polar surface area (TPSA) is 121 Å². The predicted molar refractivity (Wildman–Crippen MR) is 64.4 cm³/mol. The molecule has 18 heavy (non-hydrogen) atoms. The van der Waals surface area contributed by atoms with Gasteiger partial charge in [-0.2, -0.15) is 5.26 Å². The summed E-state index contributed by atoms with van der Waals surface area (Å²) in [6.07, 6.45) is 2.46. The van der Waals surface area contributed by atoms with E-state index < -0.39 is 6.10 Å². The summed E-state index contributed by atoms with van der Waals surface area (Å²) in [7, 11) is 0. The zero-order valence-corrected chi connectivity index (χ0v) is 9.61. The fourth-order valence-corrected chi connectivity index (χ4v) is 1.84. The molecule has 0 unspecified atom stereocenters. The predicted octanol–water partition coefficient (Wildman–Crippen LogP) is -0.372. The Morgan fingerprint density at radius 3 is 2.94 bits per heavy atom. The number of hydrogen-bond acceptors (Lipinski definition) is 6. The summed E-state index contributed by atoms with van der Waals surface area (Å²) in [5.74, 6) is 0.243. The molecule has 0 bridgehead atoms. The average Bonchev–Trinajstić information content (AvgIpc) is 2.69. The molecule has 0 aliphatic carbocycles. The lowest BCUT2D eigenvalue weighted by atomic mass is 10.2. The lowest BCUT2D eigenvalue weighted by Gasteiger charge is -2.10. The molecular formula is C11H13N5O2. The number of nitrogens with zero attached hydrogens (tertiary/aromatic N) is 4. The number of rotatable bonds is 4. The first-order valence-electron chi connectivity index (χ1n) is 5.45. The normalized spacial score (nSPS) is 12.5. The molecule has 0 saturated carbocycles. The van der Waals surface area contributed by atoms with Crippen molar-refractivity contribution in [3.8, 4) is 6.07 Å². The second kappa shape index (κ2) is 5.00. The van der Waals surface area contributed by atoms with E-state index in [1.807, 2.05) is 6.07 Å². The number of hydrogen-bond donors (Lipinski definition) is 3. The largest absolute Gasteiger partial charge is 0.396 e. The monoisotopic (exact) mass is 247 g/mol. The highest BCUT2D eigenvalue weighted by Crippen LogP contribution is 2.23. The fraction of sp³-hybridized carbons (Fsp3) is 0.364. The molecule has 94 valence electrons. The van der Waals surface area contributed by atoms with Crippen molar-refractivity contribution in [1.29, 1.82) is 5.26 Å². The molecule has 0 aromatic carbocycles. The van der Waals surface area contributed by atoms with Crippen LogP contribution in [0.15, 0.2) is 12.5 Å². The Hall–Kier alpha value is -2.17. The van der Waals surface area contributed by atoms with Gasteiger partial charge in [-0.05, 0) is 6.42 Å². The van der Waals surface area contributed by atoms with Crippen molar-refractivity contribution in [2.24, 2.45) is 0 Å². The number of aliphatic hydroxyl groups excluding tert-OH is 2. The minimum atomic E-state index is -0.701. The van der Waals surface area contributed by atoms with Gasteiger partial charge in [0.15, 0.2) is 0 Å². The number of anilines is 1. The van der Waals surface area contributed by atoms with E-state index in [0.29, 0.717) is 16.6 Å². The number of nitriles is 1. The van der Waals surface area contributed by atoms with Gasteiger partial charge in [0.1, 0.15) is 23.9 Å². The number of nitrogen functional groups attached to an aromatic ring is 1. The standard InChI is InChI=1S/C11H13N5O2/c12-3-7-4-16(5-8(18)1-2-17)11-9(7)10(13)14-6-15-11/h4,6,8,17-18H,1-2,5H2,(H2,13,14,15)/t8-/m0/s1. The third-order valence-electron chi connectivity index (χ3n) is 2.67. The fourth-order valence-electron chi connectivity index (χ4n) is 1.84. The van der Waals surface area contributed by atoms with E-state index in [0.717, 1.165) is 0 Å². The van der Waals surface area contributed by atoms with Crippen LogP contribution >= 0.6 is 0 Å². The zero-order valence-electron chi connectivity index (χ0n) is 9.61. The second-order valence-electron chi connectivity index (χ2n) is 3.93. The first kappa shape index (κ1) is 12.3. The maximum absolute atomic E-state index is 9.67. The Bertz CT molecular complexity index is 601. The molecule has 2 heterocycles. The van der Waals surface area contributed by atoms with E-state index in [9.17, 15) is 5.11 Å². The molecule has 0 radical (unpaired) electrons. The van der Waals surface area contributed by atoms with Crippen molar-refractivity contribution in [2.75, 3.05) is 12.3 Å². The SMILES string of the molecule is N#Cc1cn(C[C@@H](O)CCO)c2ncnc(N)c12. The highest BCUT2D eigenvalue weighted by atomic mass is 16.3. The molecule has 0 fully saturated rings. The van der Waals surface area contributed by atoms with Crippen LogP contribution in [0, 0.1) is 11.3 Å². The molecule has 0 saturated heterocycles. The zero-order chi connectivity index (χ0) is 13.1.